The number of aromatic nitrogens is 1. The molecule has 2 heterocycles. The van der Waals surface area contributed by atoms with Gasteiger partial charge in [-0.05, 0) is 30.3 Å². The van der Waals surface area contributed by atoms with Crippen LogP contribution in [-0.4, -0.2) is 16.8 Å². The molecule has 0 amide bonds. The molecule has 0 atom stereocenters. The fourth-order valence-electron chi connectivity index (χ4n) is 2.99. The number of anilines is 1. The Morgan fingerprint density at radius 2 is 1.71 bits per heavy atom. The Hall–Kier alpha value is -3.08. The molecule has 11 heteroatoms. The Bertz CT molecular complexity index is 1460. The lowest BCUT2D eigenvalue weighted by atomic mass is 10.3. The second-order valence-corrected chi connectivity index (χ2v) is 10.6. The lowest BCUT2D eigenvalue weighted by Crippen LogP contribution is -2.32. The Balaban J connectivity index is 1.74. The minimum Gasteiger partial charge on any atom is -0.618 e. The van der Waals surface area contributed by atoms with Crippen molar-refractivity contribution in [3.05, 3.63) is 88.9 Å². The second-order valence-electron chi connectivity index (χ2n) is 6.63. The van der Waals surface area contributed by atoms with E-state index >= 15 is 0 Å². The van der Waals surface area contributed by atoms with Crippen LogP contribution in [0.2, 0.25) is 5.02 Å². The smallest absolute Gasteiger partial charge is 0.295 e. The number of fused-ring (bicyclic) bond motifs is 1. The predicted octanol–water partition coefficient (Wildman–Crippen LogP) is 3.49. The molecule has 0 saturated heterocycles. The van der Waals surface area contributed by atoms with Crippen molar-refractivity contribution in [2.45, 2.75) is 15.7 Å². The van der Waals surface area contributed by atoms with E-state index in [4.69, 9.17) is 16.0 Å². The summed E-state index contributed by atoms with van der Waals surface area (Å²) in [6, 6.07) is 16.1. The number of benzene rings is 2. The fraction of sp³-hybridized carbons (Fsp3) is 0.0500. The Kier molecular flexibility index (Phi) is 5.38. The maximum atomic E-state index is 13.0. The molecule has 4 rings (SSSR count). The van der Waals surface area contributed by atoms with Gasteiger partial charge in [-0.15, -0.1) is 0 Å². The van der Waals surface area contributed by atoms with Gasteiger partial charge in [0, 0.05) is 28.6 Å². The van der Waals surface area contributed by atoms with Gasteiger partial charge in [0.05, 0.1) is 10.6 Å². The summed E-state index contributed by atoms with van der Waals surface area (Å²) in [5, 5.41) is 12.2. The third-order valence-electron chi connectivity index (χ3n) is 4.43. The van der Waals surface area contributed by atoms with E-state index in [9.17, 15) is 22.0 Å². The summed E-state index contributed by atoms with van der Waals surface area (Å²) in [6.07, 6.45) is 1.18. The SMILES string of the molecule is O=S(=O)(Cc1cccc[n+]1[O-])c1ccc(Cl)cc1NS(=O)(=O)c1cc2ccccc2o1. The molecular weight excluding hydrogens is 464 g/mol. The molecule has 0 spiro atoms. The van der Waals surface area contributed by atoms with Crippen LogP contribution >= 0.6 is 11.6 Å². The molecule has 2 aromatic carbocycles. The second kappa shape index (κ2) is 7.88. The van der Waals surface area contributed by atoms with Crippen LogP contribution in [-0.2, 0) is 25.6 Å². The number of furan rings is 1. The van der Waals surface area contributed by atoms with Gasteiger partial charge in [0.15, 0.2) is 16.0 Å². The molecular formula is C20H15ClN2O6S2. The summed E-state index contributed by atoms with van der Waals surface area (Å²) in [7, 11) is -8.36. The summed E-state index contributed by atoms with van der Waals surface area (Å²) in [4.78, 5) is -0.319. The van der Waals surface area contributed by atoms with Crippen molar-refractivity contribution < 1.29 is 26.0 Å². The largest absolute Gasteiger partial charge is 0.618 e. The maximum Gasteiger partial charge on any atom is 0.295 e. The van der Waals surface area contributed by atoms with Crippen LogP contribution in [0.15, 0.2) is 87.3 Å². The molecule has 31 heavy (non-hydrogen) atoms. The first kappa shape index (κ1) is 21.2. The van der Waals surface area contributed by atoms with Crippen molar-refractivity contribution in [1.82, 2.24) is 0 Å². The highest BCUT2D eigenvalue weighted by Gasteiger charge is 2.27. The monoisotopic (exact) mass is 478 g/mol. The number of nitrogens with zero attached hydrogens (tertiary/aromatic N) is 1. The molecule has 4 aromatic rings. The molecule has 0 radical (unpaired) electrons. The summed E-state index contributed by atoms with van der Waals surface area (Å²) < 4.78 is 59.8. The van der Waals surface area contributed by atoms with Gasteiger partial charge in [-0.2, -0.15) is 13.1 Å². The zero-order chi connectivity index (χ0) is 22.2. The maximum absolute atomic E-state index is 13.0. The van der Waals surface area contributed by atoms with Crippen LogP contribution in [0.1, 0.15) is 5.69 Å². The number of rotatable bonds is 6. The summed E-state index contributed by atoms with van der Waals surface area (Å²) in [5.74, 6) is -0.627. The van der Waals surface area contributed by atoms with Crippen LogP contribution in [0.5, 0.6) is 0 Å². The van der Waals surface area contributed by atoms with E-state index in [1.807, 2.05) is 0 Å². The van der Waals surface area contributed by atoms with Crippen molar-refractivity contribution in [2.75, 3.05) is 4.72 Å². The van der Waals surface area contributed by atoms with Crippen LogP contribution in [0.3, 0.4) is 0 Å². The van der Waals surface area contributed by atoms with E-state index in [-0.39, 0.29) is 26.4 Å². The van der Waals surface area contributed by atoms with Crippen LogP contribution in [0.4, 0.5) is 5.69 Å². The fourth-order valence-corrected chi connectivity index (χ4v) is 5.75. The molecule has 160 valence electrons. The number of sulfone groups is 1. The predicted molar refractivity (Wildman–Crippen MR) is 115 cm³/mol. The van der Waals surface area contributed by atoms with Gasteiger partial charge in [0.25, 0.3) is 10.0 Å². The highest BCUT2D eigenvalue weighted by atomic mass is 35.5. The van der Waals surface area contributed by atoms with Crippen molar-refractivity contribution in [3.63, 3.8) is 0 Å². The lowest BCUT2D eigenvalue weighted by molar-refractivity contribution is -0.612. The van der Waals surface area contributed by atoms with Gasteiger partial charge in [-0.3, -0.25) is 4.72 Å². The molecule has 0 fully saturated rings. The van der Waals surface area contributed by atoms with Gasteiger partial charge in [0.1, 0.15) is 11.3 Å². The van der Waals surface area contributed by atoms with E-state index in [1.54, 1.807) is 24.3 Å². The third-order valence-corrected chi connectivity index (χ3v) is 7.59. The number of halogens is 1. The number of nitrogens with one attached hydrogen (secondary N) is 1. The molecule has 0 aliphatic carbocycles. The van der Waals surface area contributed by atoms with E-state index < -0.39 is 25.6 Å². The first-order valence-corrected chi connectivity index (χ1v) is 12.4. The highest BCUT2D eigenvalue weighted by molar-refractivity contribution is 7.93. The number of hydrogen-bond acceptors (Lipinski definition) is 6. The molecule has 1 N–H and O–H groups in total. The van der Waals surface area contributed by atoms with Crippen molar-refractivity contribution in [3.8, 4) is 0 Å². The Morgan fingerprint density at radius 1 is 0.968 bits per heavy atom. The van der Waals surface area contributed by atoms with Crippen LogP contribution < -0.4 is 9.45 Å². The zero-order valence-electron chi connectivity index (χ0n) is 15.7. The third kappa shape index (κ3) is 4.36. The average molecular weight is 479 g/mol. The van der Waals surface area contributed by atoms with Crippen LogP contribution in [0, 0.1) is 5.21 Å². The van der Waals surface area contributed by atoms with Gasteiger partial charge in [-0.1, -0.05) is 29.8 Å². The van der Waals surface area contributed by atoms with Crippen molar-refractivity contribution in [1.29, 1.82) is 0 Å². The first-order valence-electron chi connectivity index (χ1n) is 8.86. The number of para-hydroxylation sites is 1. The Morgan fingerprint density at radius 3 is 2.45 bits per heavy atom. The molecule has 0 aliphatic heterocycles. The molecule has 0 bridgehead atoms. The van der Waals surface area contributed by atoms with Crippen molar-refractivity contribution in [2.24, 2.45) is 0 Å². The average Bonchev–Trinajstić information content (AvgIpc) is 3.14. The number of sulfonamides is 1. The lowest BCUT2D eigenvalue weighted by Gasteiger charge is -2.12. The zero-order valence-corrected chi connectivity index (χ0v) is 18.1. The van der Waals surface area contributed by atoms with Crippen LogP contribution in [0.25, 0.3) is 11.0 Å². The van der Waals surface area contributed by atoms with E-state index in [2.05, 4.69) is 4.72 Å². The summed E-state index contributed by atoms with van der Waals surface area (Å²) in [5.41, 5.74) is 0.107. The molecule has 0 saturated carbocycles. The molecule has 0 unspecified atom stereocenters. The molecule has 0 aliphatic rings. The molecule has 2 aromatic heterocycles. The summed E-state index contributed by atoms with van der Waals surface area (Å²) in [6.45, 7) is 0. The summed E-state index contributed by atoms with van der Waals surface area (Å²) >= 11 is 5.98. The minimum atomic E-state index is -4.26. The molecule has 8 nitrogen and oxygen atoms in total. The topological polar surface area (TPSA) is 120 Å². The van der Waals surface area contributed by atoms with E-state index in [1.165, 1.54) is 48.7 Å². The quantitative estimate of drug-likeness (QED) is 0.334. The minimum absolute atomic E-state index is 0.0106. The van der Waals surface area contributed by atoms with E-state index in [0.717, 1.165) is 0 Å². The van der Waals surface area contributed by atoms with E-state index in [0.29, 0.717) is 15.7 Å². The number of hydrogen-bond donors (Lipinski definition) is 1. The van der Waals surface area contributed by atoms with Gasteiger partial charge >= 0.3 is 0 Å². The van der Waals surface area contributed by atoms with Crippen molar-refractivity contribution >= 4 is 48.1 Å². The normalized spacial score (nSPS) is 12.2. The first-order chi connectivity index (χ1) is 14.7. The van der Waals surface area contributed by atoms with Gasteiger partial charge < -0.3 is 9.62 Å². The van der Waals surface area contributed by atoms with Gasteiger partial charge in [0.2, 0.25) is 10.8 Å². The Labute approximate surface area is 183 Å². The standard InChI is InChI=1S/C20H15ClN2O6S2/c21-15-8-9-19(30(25,26)13-16-6-3-4-10-23(16)24)17(12-15)22-31(27,28)20-11-14-5-1-2-7-18(14)29-20/h1-12,22H,13H2. The highest BCUT2D eigenvalue weighted by Crippen LogP contribution is 2.31. The van der Waals surface area contributed by atoms with Gasteiger partial charge in [-0.25, -0.2) is 8.42 Å². The number of pyridine rings is 1.